The van der Waals surface area contributed by atoms with Crippen LogP contribution in [0.3, 0.4) is 0 Å². The number of methoxy groups -OCH3 is 2. The van der Waals surface area contributed by atoms with Gasteiger partial charge in [0.25, 0.3) is 5.91 Å². The molecule has 3 aromatic rings. The average molecular weight is 441 g/mol. The van der Waals surface area contributed by atoms with Gasteiger partial charge in [-0.2, -0.15) is 0 Å². The van der Waals surface area contributed by atoms with Gasteiger partial charge in [-0.25, -0.2) is 4.98 Å². The molecule has 0 bridgehead atoms. The molecule has 0 spiro atoms. The fourth-order valence-corrected chi connectivity index (χ4v) is 3.59. The molecule has 0 radical (unpaired) electrons. The summed E-state index contributed by atoms with van der Waals surface area (Å²) >= 11 is 1.32. The molecular formula is C23H24N2O5S. The highest BCUT2D eigenvalue weighted by Crippen LogP contribution is 2.28. The molecule has 162 valence electrons. The summed E-state index contributed by atoms with van der Waals surface area (Å²) in [4.78, 5) is 29.0. The summed E-state index contributed by atoms with van der Waals surface area (Å²) in [6.45, 7) is 1.54. The van der Waals surface area contributed by atoms with E-state index in [9.17, 15) is 9.59 Å². The Morgan fingerprint density at radius 1 is 1.06 bits per heavy atom. The standard InChI is InChI=1S/C23H24N2O5S/c1-15(22(27)25-23-24-18(14-31-23)17-7-5-4-6-8-17)30-21(26)12-10-16-9-11-19(28-2)20(13-16)29-3/h4-9,11,13-15H,10,12H2,1-3H3,(H,24,25,27). The number of thiazole rings is 1. The first-order valence-electron chi connectivity index (χ1n) is 9.72. The third kappa shape index (κ3) is 6.05. The van der Waals surface area contributed by atoms with Crippen molar-refractivity contribution in [2.75, 3.05) is 19.5 Å². The largest absolute Gasteiger partial charge is 0.493 e. The highest BCUT2D eigenvalue weighted by molar-refractivity contribution is 7.14. The van der Waals surface area contributed by atoms with Gasteiger partial charge in [-0.15, -0.1) is 11.3 Å². The molecule has 0 saturated carbocycles. The zero-order valence-corrected chi connectivity index (χ0v) is 18.4. The molecule has 8 heteroatoms. The van der Waals surface area contributed by atoms with Crippen LogP contribution in [0.15, 0.2) is 53.9 Å². The van der Waals surface area contributed by atoms with Gasteiger partial charge in [0.2, 0.25) is 0 Å². The number of ether oxygens (including phenoxy) is 3. The van der Waals surface area contributed by atoms with Crippen molar-refractivity contribution >= 4 is 28.3 Å². The Morgan fingerprint density at radius 3 is 2.52 bits per heavy atom. The highest BCUT2D eigenvalue weighted by Gasteiger charge is 2.19. The second kappa shape index (κ2) is 10.6. The lowest BCUT2D eigenvalue weighted by atomic mass is 10.1. The predicted octanol–water partition coefficient (Wildman–Crippen LogP) is 4.33. The van der Waals surface area contributed by atoms with Gasteiger partial charge in [0.05, 0.1) is 19.9 Å². The number of benzene rings is 2. The Hall–Kier alpha value is -3.39. The molecule has 7 nitrogen and oxygen atoms in total. The number of hydrogen-bond acceptors (Lipinski definition) is 7. The lowest BCUT2D eigenvalue weighted by molar-refractivity contribution is -0.153. The van der Waals surface area contributed by atoms with Crippen molar-refractivity contribution in [1.82, 2.24) is 4.98 Å². The molecule has 3 rings (SSSR count). The third-order valence-electron chi connectivity index (χ3n) is 4.55. The molecule has 1 atom stereocenters. The Balaban J connectivity index is 1.49. The van der Waals surface area contributed by atoms with E-state index in [0.717, 1.165) is 16.8 Å². The summed E-state index contributed by atoms with van der Waals surface area (Å²) in [5.41, 5.74) is 2.65. The number of aryl methyl sites for hydroxylation is 1. The minimum absolute atomic E-state index is 0.141. The van der Waals surface area contributed by atoms with Crippen molar-refractivity contribution in [3.8, 4) is 22.8 Å². The van der Waals surface area contributed by atoms with E-state index in [1.165, 1.54) is 18.3 Å². The van der Waals surface area contributed by atoms with E-state index in [1.807, 2.05) is 47.8 Å². The zero-order chi connectivity index (χ0) is 22.2. The van der Waals surface area contributed by atoms with Crippen molar-refractivity contribution in [2.24, 2.45) is 0 Å². The monoisotopic (exact) mass is 440 g/mol. The van der Waals surface area contributed by atoms with Gasteiger partial charge in [-0.3, -0.25) is 14.9 Å². The summed E-state index contributed by atoms with van der Waals surface area (Å²) in [6.07, 6.45) is -0.329. The van der Waals surface area contributed by atoms with Crippen molar-refractivity contribution in [1.29, 1.82) is 0 Å². The topological polar surface area (TPSA) is 86.8 Å². The summed E-state index contributed by atoms with van der Waals surface area (Å²) < 4.78 is 15.7. The van der Waals surface area contributed by atoms with Gasteiger partial charge >= 0.3 is 5.97 Å². The van der Waals surface area contributed by atoms with E-state index in [-0.39, 0.29) is 6.42 Å². The zero-order valence-electron chi connectivity index (χ0n) is 17.6. The first kappa shape index (κ1) is 22.3. The van der Waals surface area contributed by atoms with Crippen molar-refractivity contribution in [3.05, 3.63) is 59.5 Å². The molecule has 1 N–H and O–H groups in total. The molecule has 0 saturated heterocycles. The van der Waals surface area contributed by atoms with E-state index >= 15 is 0 Å². The first-order chi connectivity index (χ1) is 15.0. The first-order valence-corrected chi connectivity index (χ1v) is 10.6. The maximum atomic E-state index is 12.4. The Kier molecular flexibility index (Phi) is 7.61. The highest BCUT2D eigenvalue weighted by atomic mass is 32.1. The van der Waals surface area contributed by atoms with Crippen LogP contribution >= 0.6 is 11.3 Å². The number of rotatable bonds is 9. The number of esters is 1. The SMILES string of the molecule is COc1ccc(CCC(=O)OC(C)C(=O)Nc2nc(-c3ccccc3)cs2)cc1OC. The van der Waals surface area contributed by atoms with Gasteiger partial charge < -0.3 is 14.2 Å². The summed E-state index contributed by atoms with van der Waals surface area (Å²) in [6, 6.07) is 15.1. The number of carbonyl (C=O) groups is 2. The van der Waals surface area contributed by atoms with E-state index < -0.39 is 18.0 Å². The van der Waals surface area contributed by atoms with Crippen LogP contribution in [0.2, 0.25) is 0 Å². The molecule has 1 heterocycles. The fraction of sp³-hybridized carbons (Fsp3) is 0.261. The lowest BCUT2D eigenvalue weighted by Crippen LogP contribution is -2.30. The second-order valence-electron chi connectivity index (χ2n) is 6.71. The number of hydrogen-bond donors (Lipinski definition) is 1. The van der Waals surface area contributed by atoms with Gasteiger partial charge in [-0.1, -0.05) is 36.4 Å². The summed E-state index contributed by atoms with van der Waals surface area (Å²) in [7, 11) is 3.12. The second-order valence-corrected chi connectivity index (χ2v) is 7.57. The van der Waals surface area contributed by atoms with Crippen LogP contribution in [0.25, 0.3) is 11.3 Å². The van der Waals surface area contributed by atoms with E-state index in [4.69, 9.17) is 14.2 Å². The van der Waals surface area contributed by atoms with E-state index in [1.54, 1.807) is 20.3 Å². The number of anilines is 1. The number of amides is 1. The molecule has 0 aliphatic heterocycles. The maximum absolute atomic E-state index is 12.4. The number of aromatic nitrogens is 1. The molecule has 1 unspecified atom stereocenters. The van der Waals surface area contributed by atoms with E-state index in [2.05, 4.69) is 10.3 Å². The summed E-state index contributed by atoms with van der Waals surface area (Å²) in [5, 5.41) is 5.02. The Labute approximate surface area is 185 Å². The van der Waals surface area contributed by atoms with Gasteiger partial charge in [0.15, 0.2) is 22.7 Å². The minimum atomic E-state index is -0.929. The molecular weight excluding hydrogens is 416 g/mol. The molecule has 1 amide bonds. The average Bonchev–Trinajstić information content (AvgIpc) is 3.26. The fourth-order valence-electron chi connectivity index (χ4n) is 2.87. The minimum Gasteiger partial charge on any atom is -0.493 e. The third-order valence-corrected chi connectivity index (χ3v) is 5.30. The molecule has 0 aliphatic carbocycles. The number of nitrogens with zero attached hydrogens (tertiary/aromatic N) is 1. The lowest BCUT2D eigenvalue weighted by Gasteiger charge is -2.13. The Bertz CT molecular complexity index is 1040. The van der Waals surface area contributed by atoms with Crippen molar-refractivity contribution in [3.63, 3.8) is 0 Å². The van der Waals surface area contributed by atoms with Gasteiger partial charge in [-0.05, 0) is 31.0 Å². The van der Waals surface area contributed by atoms with E-state index in [0.29, 0.717) is 23.1 Å². The van der Waals surface area contributed by atoms with Crippen LogP contribution in [0, 0.1) is 0 Å². The summed E-state index contributed by atoms with van der Waals surface area (Å²) in [5.74, 6) is 0.339. The number of carbonyl (C=O) groups excluding carboxylic acids is 2. The molecule has 0 fully saturated rings. The van der Waals surface area contributed by atoms with Gasteiger partial charge in [0.1, 0.15) is 0 Å². The molecule has 0 aliphatic rings. The van der Waals surface area contributed by atoms with Crippen molar-refractivity contribution in [2.45, 2.75) is 25.9 Å². The molecule has 1 aromatic heterocycles. The normalized spacial score (nSPS) is 11.5. The van der Waals surface area contributed by atoms with Gasteiger partial charge in [0, 0.05) is 17.4 Å². The smallest absolute Gasteiger partial charge is 0.306 e. The predicted molar refractivity (Wildman–Crippen MR) is 120 cm³/mol. The van der Waals surface area contributed by atoms with Crippen LogP contribution in [0.1, 0.15) is 18.9 Å². The quantitative estimate of drug-likeness (QED) is 0.499. The van der Waals surface area contributed by atoms with Crippen LogP contribution in [0.5, 0.6) is 11.5 Å². The molecule has 31 heavy (non-hydrogen) atoms. The Morgan fingerprint density at radius 2 is 1.81 bits per heavy atom. The van der Waals surface area contributed by atoms with Crippen LogP contribution < -0.4 is 14.8 Å². The number of nitrogens with one attached hydrogen (secondary N) is 1. The molecule has 2 aromatic carbocycles. The maximum Gasteiger partial charge on any atom is 0.306 e. The van der Waals surface area contributed by atoms with Crippen molar-refractivity contribution < 1.29 is 23.8 Å². The van der Waals surface area contributed by atoms with Crippen LogP contribution in [0.4, 0.5) is 5.13 Å². The van der Waals surface area contributed by atoms with Crippen LogP contribution in [-0.2, 0) is 20.7 Å². The van der Waals surface area contributed by atoms with Crippen LogP contribution in [-0.4, -0.2) is 37.2 Å².